The largest absolute Gasteiger partial charge is 0.493 e. The molecule has 1 N–H and O–H groups in total. The number of aliphatic hydroxyl groups excluding tert-OH is 1. The van der Waals surface area contributed by atoms with Crippen LogP contribution in [0.15, 0.2) is 18.2 Å². The summed E-state index contributed by atoms with van der Waals surface area (Å²) in [4.78, 5) is 16.6. The number of ether oxygens (including phenoxy) is 2. The number of piperazine rings is 1. The molecular formula is C16H24N2O4. The molecule has 1 amide bonds. The lowest BCUT2D eigenvalue weighted by Crippen LogP contribution is -2.49. The number of rotatable bonds is 6. The Morgan fingerprint density at radius 3 is 2.55 bits per heavy atom. The monoisotopic (exact) mass is 308 g/mol. The number of aliphatic hydroxyl groups is 1. The molecule has 0 bridgehead atoms. The van der Waals surface area contributed by atoms with Gasteiger partial charge in [0.05, 0.1) is 20.3 Å². The van der Waals surface area contributed by atoms with Crippen molar-refractivity contribution in [3.8, 4) is 11.5 Å². The van der Waals surface area contributed by atoms with Crippen molar-refractivity contribution in [2.45, 2.75) is 6.92 Å². The minimum absolute atomic E-state index is 0.00672. The second-order valence-electron chi connectivity index (χ2n) is 5.16. The molecule has 1 saturated heterocycles. The molecule has 22 heavy (non-hydrogen) atoms. The van der Waals surface area contributed by atoms with E-state index in [2.05, 4.69) is 4.90 Å². The lowest BCUT2D eigenvalue weighted by atomic mass is 10.1. The Bertz CT molecular complexity index is 499. The Morgan fingerprint density at radius 2 is 1.95 bits per heavy atom. The van der Waals surface area contributed by atoms with Gasteiger partial charge in [-0.2, -0.15) is 0 Å². The van der Waals surface area contributed by atoms with Crippen LogP contribution < -0.4 is 9.47 Å². The van der Waals surface area contributed by atoms with Gasteiger partial charge in [-0.3, -0.25) is 9.69 Å². The molecule has 0 radical (unpaired) electrons. The van der Waals surface area contributed by atoms with Crippen LogP contribution in [0.4, 0.5) is 0 Å². The first-order chi connectivity index (χ1) is 10.7. The summed E-state index contributed by atoms with van der Waals surface area (Å²) in [5, 5.41) is 8.95. The molecule has 1 aromatic rings. The van der Waals surface area contributed by atoms with E-state index < -0.39 is 0 Å². The van der Waals surface area contributed by atoms with Gasteiger partial charge in [-0.05, 0) is 25.1 Å². The van der Waals surface area contributed by atoms with E-state index in [1.54, 1.807) is 25.3 Å². The van der Waals surface area contributed by atoms with Crippen LogP contribution in [0, 0.1) is 0 Å². The highest BCUT2D eigenvalue weighted by molar-refractivity contribution is 5.95. The molecule has 6 nitrogen and oxygen atoms in total. The van der Waals surface area contributed by atoms with Gasteiger partial charge in [0.25, 0.3) is 5.91 Å². The number of methoxy groups -OCH3 is 1. The second kappa shape index (κ2) is 8.00. The molecule has 1 aliphatic heterocycles. The molecule has 0 aromatic heterocycles. The van der Waals surface area contributed by atoms with Crippen LogP contribution in [-0.2, 0) is 0 Å². The molecule has 0 atom stereocenters. The van der Waals surface area contributed by atoms with Crippen LogP contribution in [-0.4, -0.2) is 73.9 Å². The smallest absolute Gasteiger partial charge is 0.254 e. The van der Waals surface area contributed by atoms with Gasteiger partial charge in [-0.1, -0.05) is 0 Å². The van der Waals surface area contributed by atoms with Crippen molar-refractivity contribution < 1.29 is 19.4 Å². The van der Waals surface area contributed by atoms with Crippen LogP contribution in [0.3, 0.4) is 0 Å². The van der Waals surface area contributed by atoms with E-state index in [0.29, 0.717) is 43.3 Å². The fourth-order valence-electron chi connectivity index (χ4n) is 2.58. The number of β-amino-alcohol motifs (C(OH)–C–C–N with tert-alkyl or cyclic N) is 1. The van der Waals surface area contributed by atoms with Crippen molar-refractivity contribution in [2.75, 3.05) is 53.0 Å². The van der Waals surface area contributed by atoms with E-state index in [0.717, 1.165) is 13.1 Å². The van der Waals surface area contributed by atoms with Crippen LogP contribution >= 0.6 is 0 Å². The fourth-order valence-corrected chi connectivity index (χ4v) is 2.58. The lowest BCUT2D eigenvalue weighted by molar-refractivity contribution is 0.0614. The number of carbonyl (C=O) groups excluding carboxylic acids is 1. The highest BCUT2D eigenvalue weighted by Crippen LogP contribution is 2.28. The Hall–Kier alpha value is -1.79. The minimum atomic E-state index is 0.00672. The van der Waals surface area contributed by atoms with Crippen LogP contribution in [0.5, 0.6) is 11.5 Å². The summed E-state index contributed by atoms with van der Waals surface area (Å²) in [6.07, 6.45) is 0. The molecule has 122 valence electrons. The molecule has 2 rings (SSSR count). The van der Waals surface area contributed by atoms with Crippen molar-refractivity contribution in [3.05, 3.63) is 23.8 Å². The molecule has 1 heterocycles. The summed E-state index contributed by atoms with van der Waals surface area (Å²) in [6.45, 7) is 6.18. The van der Waals surface area contributed by atoms with Gasteiger partial charge in [0.15, 0.2) is 11.5 Å². The Kier molecular flexibility index (Phi) is 6.03. The zero-order valence-electron chi connectivity index (χ0n) is 13.2. The molecule has 1 aliphatic rings. The summed E-state index contributed by atoms with van der Waals surface area (Å²) in [5.41, 5.74) is 0.611. The summed E-state index contributed by atoms with van der Waals surface area (Å²) in [5.74, 6) is 1.23. The van der Waals surface area contributed by atoms with Gasteiger partial charge < -0.3 is 19.5 Å². The summed E-state index contributed by atoms with van der Waals surface area (Å²) < 4.78 is 10.8. The van der Waals surface area contributed by atoms with Crippen molar-refractivity contribution in [3.63, 3.8) is 0 Å². The summed E-state index contributed by atoms with van der Waals surface area (Å²) in [7, 11) is 1.58. The first-order valence-corrected chi connectivity index (χ1v) is 7.63. The molecule has 1 aromatic carbocycles. The second-order valence-corrected chi connectivity index (χ2v) is 5.16. The highest BCUT2D eigenvalue weighted by Gasteiger charge is 2.22. The third-order valence-electron chi connectivity index (χ3n) is 3.79. The first-order valence-electron chi connectivity index (χ1n) is 7.63. The Morgan fingerprint density at radius 1 is 1.23 bits per heavy atom. The first kappa shape index (κ1) is 16.6. The van der Waals surface area contributed by atoms with Crippen molar-refractivity contribution in [2.24, 2.45) is 0 Å². The third kappa shape index (κ3) is 3.90. The standard InChI is InChI=1S/C16H24N2O4/c1-3-22-15-12-13(4-5-14(15)21-2)16(20)18-8-6-17(7-9-18)10-11-19/h4-5,12,19H,3,6-11H2,1-2H3. The molecule has 0 saturated carbocycles. The predicted molar refractivity (Wildman–Crippen MR) is 83.6 cm³/mol. The van der Waals surface area contributed by atoms with Crippen molar-refractivity contribution in [1.82, 2.24) is 9.80 Å². The van der Waals surface area contributed by atoms with E-state index in [1.165, 1.54) is 0 Å². The Balaban J connectivity index is 2.05. The molecule has 1 fully saturated rings. The maximum Gasteiger partial charge on any atom is 0.254 e. The predicted octanol–water partition coefficient (Wildman–Crippen LogP) is 0.844. The molecular weight excluding hydrogens is 284 g/mol. The van der Waals surface area contributed by atoms with Gasteiger partial charge in [0.2, 0.25) is 0 Å². The number of nitrogens with zero attached hydrogens (tertiary/aromatic N) is 2. The van der Waals surface area contributed by atoms with Gasteiger partial charge in [0.1, 0.15) is 0 Å². The average Bonchev–Trinajstić information content (AvgIpc) is 2.55. The number of carbonyl (C=O) groups is 1. The number of amides is 1. The zero-order chi connectivity index (χ0) is 15.9. The number of hydrogen-bond donors (Lipinski definition) is 1. The maximum absolute atomic E-state index is 12.6. The van der Waals surface area contributed by atoms with Crippen molar-refractivity contribution >= 4 is 5.91 Å². The van der Waals surface area contributed by atoms with Crippen LogP contribution in [0.25, 0.3) is 0 Å². The van der Waals surface area contributed by atoms with E-state index in [1.807, 2.05) is 11.8 Å². The quantitative estimate of drug-likeness (QED) is 0.844. The zero-order valence-corrected chi connectivity index (χ0v) is 13.2. The topological polar surface area (TPSA) is 62.2 Å². The highest BCUT2D eigenvalue weighted by atomic mass is 16.5. The lowest BCUT2D eigenvalue weighted by Gasteiger charge is -2.34. The van der Waals surface area contributed by atoms with Gasteiger partial charge in [-0.15, -0.1) is 0 Å². The average molecular weight is 308 g/mol. The number of benzene rings is 1. The van der Waals surface area contributed by atoms with E-state index >= 15 is 0 Å². The maximum atomic E-state index is 12.6. The fraction of sp³-hybridized carbons (Fsp3) is 0.562. The molecule has 0 unspecified atom stereocenters. The van der Waals surface area contributed by atoms with Gasteiger partial charge >= 0.3 is 0 Å². The van der Waals surface area contributed by atoms with E-state index in [9.17, 15) is 4.79 Å². The van der Waals surface area contributed by atoms with Crippen LogP contribution in [0.1, 0.15) is 17.3 Å². The molecule has 0 aliphatic carbocycles. The van der Waals surface area contributed by atoms with E-state index in [-0.39, 0.29) is 12.5 Å². The van der Waals surface area contributed by atoms with E-state index in [4.69, 9.17) is 14.6 Å². The molecule has 6 heteroatoms. The summed E-state index contributed by atoms with van der Waals surface area (Å²) in [6, 6.07) is 5.27. The van der Waals surface area contributed by atoms with Crippen LogP contribution in [0.2, 0.25) is 0 Å². The Labute approximate surface area is 131 Å². The summed E-state index contributed by atoms with van der Waals surface area (Å²) >= 11 is 0. The molecule has 0 spiro atoms. The van der Waals surface area contributed by atoms with Crippen molar-refractivity contribution in [1.29, 1.82) is 0 Å². The third-order valence-corrected chi connectivity index (χ3v) is 3.79. The normalized spacial score (nSPS) is 15.7. The van der Waals surface area contributed by atoms with Gasteiger partial charge in [-0.25, -0.2) is 0 Å². The van der Waals surface area contributed by atoms with Gasteiger partial charge in [0, 0.05) is 38.3 Å². The SMILES string of the molecule is CCOc1cc(C(=O)N2CCN(CCO)CC2)ccc1OC. The number of hydrogen-bond acceptors (Lipinski definition) is 5. The minimum Gasteiger partial charge on any atom is -0.493 e.